The van der Waals surface area contributed by atoms with E-state index in [1.165, 1.54) is 7.11 Å². The van der Waals surface area contributed by atoms with E-state index in [0.717, 1.165) is 5.56 Å². The van der Waals surface area contributed by atoms with E-state index in [4.69, 9.17) is 10.5 Å². The Bertz CT molecular complexity index is 393. The summed E-state index contributed by atoms with van der Waals surface area (Å²) < 4.78 is 5.08. The fourth-order valence-corrected chi connectivity index (χ4v) is 1.34. The van der Waals surface area contributed by atoms with Crippen LogP contribution in [0.25, 0.3) is 0 Å². The van der Waals surface area contributed by atoms with Crippen molar-refractivity contribution in [2.24, 2.45) is 5.73 Å². The first-order valence-electron chi connectivity index (χ1n) is 5.31. The number of nitrogens with zero attached hydrogens (tertiary/aromatic N) is 1. The van der Waals surface area contributed by atoms with Crippen LogP contribution in [0.5, 0.6) is 5.88 Å². The molecule has 0 aliphatic heterocycles. The molecular weight excluding hydrogens is 218 g/mol. The smallest absolute Gasteiger partial charge is 0.237 e. The molecule has 0 saturated heterocycles. The summed E-state index contributed by atoms with van der Waals surface area (Å²) in [5.41, 5.74) is 6.45. The van der Waals surface area contributed by atoms with E-state index < -0.39 is 6.04 Å². The highest BCUT2D eigenvalue weighted by molar-refractivity contribution is 5.81. The Labute approximate surface area is 101 Å². The van der Waals surface area contributed by atoms with Crippen LogP contribution < -0.4 is 15.8 Å². The van der Waals surface area contributed by atoms with Crippen LogP contribution in [0.1, 0.15) is 12.0 Å². The third-order valence-corrected chi connectivity index (χ3v) is 2.25. The van der Waals surface area contributed by atoms with Crippen molar-refractivity contribution in [2.45, 2.75) is 19.0 Å². The van der Waals surface area contributed by atoms with Gasteiger partial charge in [0.05, 0.1) is 13.2 Å². The zero-order valence-electron chi connectivity index (χ0n) is 9.85. The number of pyridine rings is 1. The Morgan fingerprint density at radius 2 is 2.53 bits per heavy atom. The average Bonchev–Trinajstić information content (AvgIpc) is 2.36. The maximum Gasteiger partial charge on any atom is 0.237 e. The van der Waals surface area contributed by atoms with Crippen molar-refractivity contribution in [1.29, 1.82) is 0 Å². The second kappa shape index (κ2) is 6.65. The van der Waals surface area contributed by atoms with Gasteiger partial charge in [0, 0.05) is 18.3 Å². The topological polar surface area (TPSA) is 77.2 Å². The van der Waals surface area contributed by atoms with Crippen LogP contribution in [0.2, 0.25) is 0 Å². The Morgan fingerprint density at radius 3 is 3.18 bits per heavy atom. The van der Waals surface area contributed by atoms with Gasteiger partial charge in [-0.3, -0.25) is 4.79 Å². The van der Waals surface area contributed by atoms with E-state index in [2.05, 4.69) is 16.9 Å². The van der Waals surface area contributed by atoms with Crippen molar-refractivity contribution in [3.05, 3.63) is 36.5 Å². The van der Waals surface area contributed by atoms with Gasteiger partial charge in [0.2, 0.25) is 11.8 Å². The zero-order chi connectivity index (χ0) is 12.7. The van der Waals surface area contributed by atoms with Crippen molar-refractivity contribution in [3.8, 4) is 5.88 Å². The van der Waals surface area contributed by atoms with Crippen LogP contribution in [0.4, 0.5) is 0 Å². The highest BCUT2D eigenvalue weighted by atomic mass is 16.5. The molecule has 0 radical (unpaired) electrons. The molecule has 0 aliphatic rings. The summed E-state index contributed by atoms with van der Waals surface area (Å²) in [5.74, 6) is 0.292. The maximum absolute atomic E-state index is 11.6. The lowest BCUT2D eigenvalue weighted by atomic mass is 10.2. The highest BCUT2D eigenvalue weighted by Crippen LogP contribution is 2.12. The van der Waals surface area contributed by atoms with Crippen LogP contribution >= 0.6 is 0 Å². The number of nitrogens with one attached hydrogen (secondary N) is 1. The number of carbonyl (C=O) groups is 1. The van der Waals surface area contributed by atoms with Crippen LogP contribution in [-0.4, -0.2) is 24.0 Å². The molecule has 0 aliphatic carbocycles. The molecule has 92 valence electrons. The number of ether oxygens (including phenoxy) is 1. The number of aromatic nitrogens is 1. The van der Waals surface area contributed by atoms with E-state index >= 15 is 0 Å². The maximum atomic E-state index is 11.6. The van der Waals surface area contributed by atoms with Gasteiger partial charge in [0.25, 0.3) is 0 Å². The molecule has 0 aromatic carbocycles. The summed E-state index contributed by atoms with van der Waals surface area (Å²) in [6.45, 7) is 3.89. The second-order valence-corrected chi connectivity index (χ2v) is 3.52. The summed E-state index contributed by atoms with van der Waals surface area (Å²) in [6, 6.07) is 3.06. The number of hydrogen-bond acceptors (Lipinski definition) is 4. The molecule has 0 fully saturated rings. The average molecular weight is 235 g/mol. The van der Waals surface area contributed by atoms with Gasteiger partial charge in [0.15, 0.2) is 0 Å². The normalized spacial score (nSPS) is 11.6. The molecule has 1 rings (SSSR count). The van der Waals surface area contributed by atoms with Gasteiger partial charge in [-0.05, 0) is 12.5 Å². The van der Waals surface area contributed by atoms with Crippen molar-refractivity contribution in [3.63, 3.8) is 0 Å². The standard InChI is InChI=1S/C12H17N3O2/c1-3-5-10(13)11(16)15-8-9-6-4-7-14-12(9)17-2/h3-4,6-7,10H,1,5,8,13H2,2H3,(H,15,16). The second-order valence-electron chi connectivity index (χ2n) is 3.52. The molecule has 0 saturated carbocycles. The lowest BCUT2D eigenvalue weighted by Crippen LogP contribution is -2.39. The van der Waals surface area contributed by atoms with E-state index in [9.17, 15) is 4.79 Å². The largest absolute Gasteiger partial charge is 0.481 e. The van der Waals surface area contributed by atoms with Gasteiger partial charge >= 0.3 is 0 Å². The van der Waals surface area contributed by atoms with Gasteiger partial charge in [-0.15, -0.1) is 6.58 Å². The van der Waals surface area contributed by atoms with Gasteiger partial charge in [-0.2, -0.15) is 0 Å². The quantitative estimate of drug-likeness (QED) is 0.708. The molecule has 17 heavy (non-hydrogen) atoms. The SMILES string of the molecule is C=CCC(N)C(=O)NCc1cccnc1OC. The van der Waals surface area contributed by atoms with Crippen LogP contribution in [0.3, 0.4) is 0 Å². The molecule has 1 aromatic heterocycles. The number of amides is 1. The first-order chi connectivity index (χ1) is 8.19. The molecule has 1 aromatic rings. The fraction of sp³-hybridized carbons (Fsp3) is 0.333. The molecule has 3 N–H and O–H groups in total. The summed E-state index contributed by atoms with van der Waals surface area (Å²) in [5, 5.41) is 2.73. The van der Waals surface area contributed by atoms with E-state index in [-0.39, 0.29) is 5.91 Å². The highest BCUT2D eigenvalue weighted by Gasteiger charge is 2.12. The van der Waals surface area contributed by atoms with Crippen LogP contribution in [0.15, 0.2) is 31.0 Å². The van der Waals surface area contributed by atoms with Gasteiger partial charge in [-0.25, -0.2) is 4.98 Å². The zero-order valence-corrected chi connectivity index (χ0v) is 9.85. The van der Waals surface area contributed by atoms with Crippen molar-refractivity contribution in [2.75, 3.05) is 7.11 Å². The molecular formula is C12H17N3O2. The molecule has 5 nitrogen and oxygen atoms in total. The minimum atomic E-state index is -0.560. The number of carbonyl (C=O) groups excluding carboxylic acids is 1. The first kappa shape index (κ1) is 13.2. The number of nitrogens with two attached hydrogens (primary N) is 1. The van der Waals surface area contributed by atoms with Crippen LogP contribution in [0, 0.1) is 0 Å². The Balaban J connectivity index is 2.55. The Hall–Kier alpha value is -1.88. The van der Waals surface area contributed by atoms with Crippen molar-refractivity contribution >= 4 is 5.91 Å². The summed E-state index contributed by atoms with van der Waals surface area (Å²) in [7, 11) is 1.54. The monoisotopic (exact) mass is 235 g/mol. The minimum Gasteiger partial charge on any atom is -0.481 e. The Morgan fingerprint density at radius 1 is 1.76 bits per heavy atom. The van der Waals surface area contributed by atoms with Gasteiger partial charge < -0.3 is 15.8 Å². The minimum absolute atomic E-state index is 0.212. The van der Waals surface area contributed by atoms with Gasteiger partial charge in [0.1, 0.15) is 0 Å². The van der Waals surface area contributed by atoms with E-state index in [1.807, 2.05) is 6.07 Å². The Kier molecular flexibility index (Phi) is 5.16. The number of rotatable bonds is 6. The van der Waals surface area contributed by atoms with Crippen molar-refractivity contribution in [1.82, 2.24) is 10.3 Å². The predicted octanol–water partition coefficient (Wildman–Crippen LogP) is 0.610. The summed E-state index contributed by atoms with van der Waals surface area (Å²) in [6.07, 6.45) is 3.71. The van der Waals surface area contributed by atoms with Crippen molar-refractivity contribution < 1.29 is 9.53 Å². The lowest BCUT2D eigenvalue weighted by molar-refractivity contribution is -0.122. The molecule has 1 heterocycles. The molecule has 1 atom stereocenters. The fourth-order valence-electron chi connectivity index (χ4n) is 1.34. The third-order valence-electron chi connectivity index (χ3n) is 2.25. The summed E-state index contributed by atoms with van der Waals surface area (Å²) in [4.78, 5) is 15.6. The van der Waals surface area contributed by atoms with Crippen LogP contribution in [-0.2, 0) is 11.3 Å². The molecule has 0 bridgehead atoms. The van der Waals surface area contributed by atoms with E-state index in [1.54, 1.807) is 18.3 Å². The number of hydrogen-bond donors (Lipinski definition) is 2. The lowest BCUT2D eigenvalue weighted by Gasteiger charge is -2.11. The molecule has 1 amide bonds. The predicted molar refractivity (Wildman–Crippen MR) is 65.4 cm³/mol. The number of methoxy groups -OCH3 is 1. The van der Waals surface area contributed by atoms with Gasteiger partial charge in [-0.1, -0.05) is 12.1 Å². The molecule has 5 heteroatoms. The first-order valence-corrected chi connectivity index (χ1v) is 5.31. The third kappa shape index (κ3) is 3.88. The van der Waals surface area contributed by atoms with E-state index in [0.29, 0.717) is 18.8 Å². The summed E-state index contributed by atoms with van der Waals surface area (Å²) >= 11 is 0. The molecule has 1 unspecified atom stereocenters. The molecule has 0 spiro atoms.